The summed E-state index contributed by atoms with van der Waals surface area (Å²) < 4.78 is 5.81. The van der Waals surface area contributed by atoms with Gasteiger partial charge in [-0.3, -0.25) is 4.90 Å². The third-order valence-corrected chi connectivity index (χ3v) is 3.74. The van der Waals surface area contributed by atoms with Crippen LogP contribution in [0.5, 0.6) is 0 Å². The molecule has 2 fully saturated rings. The second-order valence-corrected chi connectivity index (χ2v) is 4.82. The Bertz CT molecular complexity index is 261. The van der Waals surface area contributed by atoms with Crippen LogP contribution in [0.3, 0.4) is 0 Å². The first-order chi connectivity index (χ1) is 7.81. The molecule has 0 aromatic rings. The minimum atomic E-state index is -0.315. The first-order valence-corrected chi connectivity index (χ1v) is 6.32. The van der Waals surface area contributed by atoms with Gasteiger partial charge in [0.15, 0.2) is 0 Å². The number of nitriles is 1. The highest BCUT2D eigenvalue weighted by molar-refractivity contribution is 4.91. The molecule has 4 heteroatoms. The summed E-state index contributed by atoms with van der Waals surface area (Å²) in [7, 11) is 0. The second-order valence-electron chi connectivity index (χ2n) is 4.82. The summed E-state index contributed by atoms with van der Waals surface area (Å²) in [5.41, 5.74) is 5.64. The molecule has 1 saturated heterocycles. The Morgan fingerprint density at radius 1 is 1.44 bits per heavy atom. The van der Waals surface area contributed by atoms with E-state index in [0.29, 0.717) is 12.1 Å². The molecule has 2 aliphatic rings. The predicted octanol–water partition coefficient (Wildman–Crippen LogP) is 0.871. The first kappa shape index (κ1) is 11.8. The van der Waals surface area contributed by atoms with Crippen LogP contribution in [0.2, 0.25) is 0 Å². The maximum Gasteiger partial charge on any atom is 0.0940 e. The van der Waals surface area contributed by atoms with Gasteiger partial charge in [-0.25, -0.2) is 0 Å². The maximum absolute atomic E-state index is 8.68. The van der Waals surface area contributed by atoms with Crippen molar-refractivity contribution in [1.82, 2.24) is 4.90 Å². The van der Waals surface area contributed by atoms with E-state index in [4.69, 9.17) is 15.7 Å². The number of morpholine rings is 1. The third kappa shape index (κ3) is 2.73. The minimum absolute atomic E-state index is 0.315. The van der Waals surface area contributed by atoms with Gasteiger partial charge in [0, 0.05) is 19.1 Å². The molecule has 90 valence electrons. The zero-order valence-electron chi connectivity index (χ0n) is 9.77. The summed E-state index contributed by atoms with van der Waals surface area (Å²) in [6.45, 7) is 2.78. The lowest BCUT2D eigenvalue weighted by Gasteiger charge is -2.44. The summed E-state index contributed by atoms with van der Waals surface area (Å²) in [6, 6.07) is 2.36. The highest BCUT2D eigenvalue weighted by atomic mass is 16.5. The molecule has 1 aliphatic carbocycles. The van der Waals surface area contributed by atoms with Crippen molar-refractivity contribution in [2.24, 2.45) is 5.73 Å². The topological polar surface area (TPSA) is 62.3 Å². The highest BCUT2D eigenvalue weighted by Crippen LogP contribution is 2.28. The fraction of sp³-hybridized carbons (Fsp3) is 0.917. The molecule has 0 bridgehead atoms. The molecule has 0 radical (unpaired) electrons. The van der Waals surface area contributed by atoms with Gasteiger partial charge in [-0.05, 0) is 19.3 Å². The highest BCUT2D eigenvalue weighted by Gasteiger charge is 2.33. The lowest BCUT2D eigenvalue weighted by atomic mass is 9.90. The number of hydrogen-bond donors (Lipinski definition) is 1. The van der Waals surface area contributed by atoms with Gasteiger partial charge < -0.3 is 10.5 Å². The smallest absolute Gasteiger partial charge is 0.0940 e. The molecule has 0 aromatic carbocycles. The lowest BCUT2D eigenvalue weighted by Crippen LogP contribution is -2.53. The molecule has 2 N–H and O–H groups in total. The van der Waals surface area contributed by atoms with Crippen LogP contribution in [0.4, 0.5) is 0 Å². The minimum Gasteiger partial charge on any atom is -0.375 e. The average molecular weight is 223 g/mol. The predicted molar refractivity (Wildman–Crippen MR) is 61.8 cm³/mol. The average Bonchev–Trinajstić information content (AvgIpc) is 2.35. The van der Waals surface area contributed by atoms with E-state index < -0.39 is 0 Å². The van der Waals surface area contributed by atoms with E-state index in [1.165, 1.54) is 25.7 Å². The van der Waals surface area contributed by atoms with E-state index in [0.717, 1.165) is 26.1 Å². The summed E-state index contributed by atoms with van der Waals surface area (Å²) in [6.07, 6.45) is 6.26. The fourth-order valence-corrected chi connectivity index (χ4v) is 2.82. The van der Waals surface area contributed by atoms with Crippen molar-refractivity contribution in [3.05, 3.63) is 0 Å². The molecule has 16 heavy (non-hydrogen) atoms. The number of rotatable bonds is 3. The zero-order valence-corrected chi connectivity index (χ0v) is 9.77. The van der Waals surface area contributed by atoms with E-state index in [2.05, 4.69) is 11.0 Å². The van der Waals surface area contributed by atoms with Crippen LogP contribution in [0, 0.1) is 11.3 Å². The molecular weight excluding hydrogens is 202 g/mol. The molecule has 3 unspecified atom stereocenters. The Morgan fingerprint density at radius 3 is 3.06 bits per heavy atom. The van der Waals surface area contributed by atoms with Crippen LogP contribution in [0.15, 0.2) is 0 Å². The van der Waals surface area contributed by atoms with E-state index >= 15 is 0 Å². The molecule has 1 aliphatic heterocycles. The van der Waals surface area contributed by atoms with Crippen molar-refractivity contribution in [1.29, 1.82) is 5.26 Å². The molecule has 4 nitrogen and oxygen atoms in total. The van der Waals surface area contributed by atoms with Crippen molar-refractivity contribution in [3.8, 4) is 6.07 Å². The summed E-state index contributed by atoms with van der Waals surface area (Å²) in [4.78, 5) is 2.48. The molecule has 0 amide bonds. The van der Waals surface area contributed by atoms with Gasteiger partial charge in [0.1, 0.15) is 0 Å². The molecule has 0 spiro atoms. The largest absolute Gasteiger partial charge is 0.375 e. The van der Waals surface area contributed by atoms with Gasteiger partial charge in [-0.15, -0.1) is 0 Å². The van der Waals surface area contributed by atoms with Crippen LogP contribution in [-0.4, -0.2) is 42.8 Å². The molecule has 0 aromatic heterocycles. The van der Waals surface area contributed by atoms with Gasteiger partial charge in [0.25, 0.3) is 0 Å². The van der Waals surface area contributed by atoms with Gasteiger partial charge in [-0.1, -0.05) is 12.8 Å². The van der Waals surface area contributed by atoms with Crippen LogP contribution in [0.1, 0.15) is 32.1 Å². The van der Waals surface area contributed by atoms with Crippen LogP contribution < -0.4 is 5.73 Å². The van der Waals surface area contributed by atoms with Crippen molar-refractivity contribution in [2.45, 2.75) is 50.3 Å². The van der Waals surface area contributed by atoms with Crippen molar-refractivity contribution < 1.29 is 4.74 Å². The van der Waals surface area contributed by atoms with E-state index in [-0.39, 0.29) is 6.04 Å². The van der Waals surface area contributed by atoms with Crippen LogP contribution in [-0.2, 0) is 4.74 Å². The van der Waals surface area contributed by atoms with Crippen LogP contribution in [0.25, 0.3) is 0 Å². The Morgan fingerprint density at radius 2 is 2.25 bits per heavy atom. The number of nitrogens with zero attached hydrogens (tertiary/aromatic N) is 2. The van der Waals surface area contributed by atoms with E-state index in [9.17, 15) is 0 Å². The Labute approximate surface area is 97.3 Å². The molecule has 1 heterocycles. The number of fused-ring (bicyclic) bond motifs is 1. The fourth-order valence-electron chi connectivity index (χ4n) is 2.82. The number of ether oxygens (including phenoxy) is 1. The monoisotopic (exact) mass is 223 g/mol. The van der Waals surface area contributed by atoms with E-state index in [1.807, 2.05) is 0 Å². The molecule has 1 saturated carbocycles. The summed E-state index contributed by atoms with van der Waals surface area (Å²) >= 11 is 0. The quantitative estimate of drug-likeness (QED) is 0.771. The van der Waals surface area contributed by atoms with Gasteiger partial charge in [0.05, 0.1) is 24.8 Å². The summed E-state index contributed by atoms with van der Waals surface area (Å²) in [5, 5.41) is 8.68. The van der Waals surface area contributed by atoms with Crippen molar-refractivity contribution in [2.75, 3.05) is 19.7 Å². The Balaban J connectivity index is 1.85. The number of nitrogens with two attached hydrogens (primary N) is 1. The van der Waals surface area contributed by atoms with Crippen LogP contribution >= 0.6 is 0 Å². The van der Waals surface area contributed by atoms with Gasteiger partial charge in [0.2, 0.25) is 0 Å². The normalized spacial score (nSPS) is 32.8. The summed E-state index contributed by atoms with van der Waals surface area (Å²) in [5.74, 6) is 0. The molecule has 3 atom stereocenters. The molecular formula is C12H21N3O. The SMILES string of the molecule is N#CC(N)CCN1CCOC2CCCCC21. The zero-order chi connectivity index (χ0) is 11.4. The van der Waals surface area contributed by atoms with Crippen molar-refractivity contribution in [3.63, 3.8) is 0 Å². The second kappa shape index (κ2) is 5.62. The maximum atomic E-state index is 8.68. The van der Waals surface area contributed by atoms with Gasteiger partial charge in [-0.2, -0.15) is 5.26 Å². The Hall–Kier alpha value is -0.630. The molecule has 2 rings (SSSR count). The standard InChI is InChI=1S/C12H21N3O/c13-9-10(14)5-6-15-7-8-16-12-4-2-1-3-11(12)15/h10-12H,1-8,14H2. The Kier molecular flexibility index (Phi) is 4.16. The van der Waals surface area contributed by atoms with E-state index in [1.54, 1.807) is 0 Å². The van der Waals surface area contributed by atoms with Crippen molar-refractivity contribution >= 4 is 0 Å². The first-order valence-electron chi connectivity index (χ1n) is 6.32. The lowest BCUT2D eigenvalue weighted by molar-refractivity contribution is -0.0882. The third-order valence-electron chi connectivity index (χ3n) is 3.74. The van der Waals surface area contributed by atoms with Gasteiger partial charge >= 0.3 is 0 Å². The number of hydrogen-bond acceptors (Lipinski definition) is 4.